The summed E-state index contributed by atoms with van der Waals surface area (Å²) in [6.07, 6.45) is 1.94. The van der Waals surface area contributed by atoms with Crippen LogP contribution in [0.4, 0.5) is 22.0 Å². The second-order valence-electron chi connectivity index (χ2n) is 10.7. The van der Waals surface area contributed by atoms with Gasteiger partial charge in [-0.15, -0.1) is 0 Å². The van der Waals surface area contributed by atoms with Crippen LogP contribution in [0.15, 0.2) is 91.0 Å². The monoisotopic (exact) mass is 597 g/mol. The van der Waals surface area contributed by atoms with Crippen molar-refractivity contribution in [1.29, 1.82) is 0 Å². The van der Waals surface area contributed by atoms with Gasteiger partial charge in [-0.05, 0) is 56.0 Å². The van der Waals surface area contributed by atoms with Gasteiger partial charge in [0, 0.05) is 41.7 Å². The Kier molecular flexibility index (Phi) is 9.06. The lowest BCUT2D eigenvalue weighted by atomic mass is 10.0. The molecule has 43 heavy (non-hydrogen) atoms. The number of sulfonamides is 1. The predicted octanol–water partition coefficient (Wildman–Crippen LogP) is 6.34. The third-order valence-electron chi connectivity index (χ3n) is 7.06. The van der Waals surface area contributed by atoms with Crippen LogP contribution >= 0.6 is 0 Å². The van der Waals surface area contributed by atoms with E-state index in [0.717, 1.165) is 17.5 Å². The molecule has 10 heteroatoms. The molecule has 5 rings (SSSR count). The SMILES string of the molecule is CCCN(Cc1ccccc1)c1cc(NC(=O)Nc2ccc(C)cc2)cc(-c2ccccc2C(=O)NS(=O)(=O)C2CC2)n1. The van der Waals surface area contributed by atoms with Gasteiger partial charge in [0.1, 0.15) is 5.82 Å². The summed E-state index contributed by atoms with van der Waals surface area (Å²) < 4.78 is 27.3. The molecule has 1 aliphatic carbocycles. The molecule has 0 radical (unpaired) electrons. The number of pyridine rings is 1. The summed E-state index contributed by atoms with van der Waals surface area (Å²) in [6.45, 7) is 5.33. The lowest BCUT2D eigenvalue weighted by Crippen LogP contribution is -2.33. The molecule has 1 fully saturated rings. The van der Waals surface area contributed by atoms with Crippen molar-refractivity contribution in [3.8, 4) is 11.3 Å². The Morgan fingerprint density at radius 2 is 1.56 bits per heavy atom. The largest absolute Gasteiger partial charge is 0.352 e. The van der Waals surface area contributed by atoms with Crippen LogP contribution in [0.3, 0.4) is 0 Å². The lowest BCUT2D eigenvalue weighted by Gasteiger charge is -2.25. The standard InChI is InChI=1S/C33H35N5O4S/c1-3-19-38(22-24-9-5-4-6-10-24)31-21-26(35-33(40)34-25-15-13-23(2)14-16-25)20-30(36-31)28-11-7-8-12-29(28)32(39)37-43(41,42)27-17-18-27/h4-16,20-21,27H,3,17-19,22H2,1-2H3,(H,37,39)(H2,34,35,36,40). The molecule has 1 heterocycles. The number of hydrogen-bond acceptors (Lipinski definition) is 6. The van der Waals surface area contributed by atoms with E-state index in [4.69, 9.17) is 4.98 Å². The number of hydrogen-bond donors (Lipinski definition) is 3. The number of carbonyl (C=O) groups is 2. The number of anilines is 3. The van der Waals surface area contributed by atoms with Crippen LogP contribution < -0.4 is 20.3 Å². The van der Waals surface area contributed by atoms with Gasteiger partial charge in [-0.2, -0.15) is 0 Å². The fraction of sp³-hybridized carbons (Fsp3) is 0.242. The first-order chi connectivity index (χ1) is 20.7. The van der Waals surface area contributed by atoms with Crippen molar-refractivity contribution in [3.05, 3.63) is 108 Å². The number of urea groups is 1. The Morgan fingerprint density at radius 1 is 0.884 bits per heavy atom. The number of rotatable bonds is 11. The third-order valence-corrected chi connectivity index (χ3v) is 8.88. The van der Waals surface area contributed by atoms with Crippen molar-refractivity contribution in [2.75, 3.05) is 22.1 Å². The second-order valence-corrected chi connectivity index (χ2v) is 12.6. The maximum absolute atomic E-state index is 13.2. The molecular weight excluding hydrogens is 562 g/mol. The maximum Gasteiger partial charge on any atom is 0.323 e. The number of carbonyl (C=O) groups excluding carboxylic acids is 2. The van der Waals surface area contributed by atoms with Gasteiger partial charge >= 0.3 is 6.03 Å². The van der Waals surface area contributed by atoms with Gasteiger partial charge in [-0.25, -0.2) is 22.9 Å². The minimum atomic E-state index is -3.75. The van der Waals surface area contributed by atoms with Crippen molar-refractivity contribution < 1.29 is 18.0 Å². The minimum absolute atomic E-state index is 0.177. The summed E-state index contributed by atoms with van der Waals surface area (Å²) in [5.74, 6) is -0.106. The van der Waals surface area contributed by atoms with Crippen LogP contribution in [0.25, 0.3) is 11.3 Å². The molecule has 3 amide bonds. The van der Waals surface area contributed by atoms with Gasteiger partial charge in [-0.1, -0.05) is 73.2 Å². The summed E-state index contributed by atoms with van der Waals surface area (Å²) in [4.78, 5) is 33.3. The van der Waals surface area contributed by atoms with Crippen molar-refractivity contribution in [1.82, 2.24) is 9.71 Å². The topological polar surface area (TPSA) is 120 Å². The number of amides is 3. The highest BCUT2D eigenvalue weighted by Crippen LogP contribution is 2.31. The van der Waals surface area contributed by atoms with Crippen molar-refractivity contribution in [2.45, 2.75) is 44.9 Å². The summed E-state index contributed by atoms with van der Waals surface area (Å²) >= 11 is 0. The number of aryl methyl sites for hydroxylation is 1. The summed E-state index contributed by atoms with van der Waals surface area (Å²) in [7, 11) is -3.75. The van der Waals surface area contributed by atoms with Crippen LogP contribution in [-0.4, -0.2) is 37.1 Å². The van der Waals surface area contributed by atoms with Crippen molar-refractivity contribution in [3.63, 3.8) is 0 Å². The highest BCUT2D eigenvalue weighted by molar-refractivity contribution is 7.91. The third kappa shape index (κ3) is 7.78. The normalized spacial score (nSPS) is 12.8. The van der Waals surface area contributed by atoms with E-state index in [-0.39, 0.29) is 5.56 Å². The molecule has 0 atom stereocenters. The molecule has 3 aromatic carbocycles. The van der Waals surface area contributed by atoms with Gasteiger partial charge in [0.15, 0.2) is 0 Å². The maximum atomic E-state index is 13.2. The smallest absolute Gasteiger partial charge is 0.323 e. The molecule has 0 aliphatic heterocycles. The van der Waals surface area contributed by atoms with Gasteiger partial charge in [0.25, 0.3) is 5.91 Å². The summed E-state index contributed by atoms with van der Waals surface area (Å²) in [5, 5.41) is 5.23. The van der Waals surface area contributed by atoms with E-state index in [0.29, 0.717) is 54.4 Å². The average molecular weight is 598 g/mol. The summed E-state index contributed by atoms with van der Waals surface area (Å²) in [6, 6.07) is 27.3. The molecule has 9 nitrogen and oxygen atoms in total. The van der Waals surface area contributed by atoms with Crippen molar-refractivity contribution in [2.24, 2.45) is 0 Å². The van der Waals surface area contributed by atoms with Crippen LogP contribution in [0.5, 0.6) is 0 Å². The van der Waals surface area contributed by atoms with Crippen LogP contribution in [0.1, 0.15) is 47.7 Å². The fourth-order valence-electron chi connectivity index (χ4n) is 4.72. The Bertz CT molecular complexity index is 1710. The predicted molar refractivity (Wildman–Crippen MR) is 171 cm³/mol. The number of benzene rings is 3. The van der Waals surface area contributed by atoms with E-state index >= 15 is 0 Å². The molecular formula is C33H35N5O4S. The molecule has 0 unspecified atom stereocenters. The first-order valence-electron chi connectivity index (χ1n) is 14.3. The van der Waals surface area contributed by atoms with Crippen LogP contribution in [0, 0.1) is 6.92 Å². The van der Waals surface area contributed by atoms with E-state index in [1.807, 2.05) is 61.5 Å². The molecule has 4 aromatic rings. The van der Waals surface area contributed by atoms with E-state index in [1.165, 1.54) is 0 Å². The molecule has 3 N–H and O–H groups in total. The Labute approximate surface area is 252 Å². The van der Waals surface area contributed by atoms with Crippen LogP contribution in [-0.2, 0) is 16.6 Å². The average Bonchev–Trinajstić information content (AvgIpc) is 3.85. The molecule has 0 bridgehead atoms. The van der Waals surface area contributed by atoms with Crippen LogP contribution in [0.2, 0.25) is 0 Å². The lowest BCUT2D eigenvalue weighted by molar-refractivity contribution is 0.0982. The highest BCUT2D eigenvalue weighted by atomic mass is 32.2. The summed E-state index contributed by atoms with van der Waals surface area (Å²) in [5.41, 5.74) is 4.35. The Hall–Kier alpha value is -4.70. The Balaban J connectivity index is 1.52. The molecule has 0 spiro atoms. The first kappa shape index (κ1) is 29.8. The number of nitrogens with zero attached hydrogens (tertiary/aromatic N) is 2. The second kappa shape index (κ2) is 13.1. The molecule has 0 saturated heterocycles. The Morgan fingerprint density at radius 3 is 2.26 bits per heavy atom. The van der Waals surface area contributed by atoms with Gasteiger partial charge < -0.3 is 15.5 Å². The van der Waals surface area contributed by atoms with Crippen molar-refractivity contribution >= 4 is 39.2 Å². The van der Waals surface area contributed by atoms with E-state index < -0.39 is 27.2 Å². The van der Waals surface area contributed by atoms with Gasteiger partial charge in [0.2, 0.25) is 10.0 Å². The van der Waals surface area contributed by atoms with Gasteiger partial charge in [-0.3, -0.25) is 4.79 Å². The highest BCUT2D eigenvalue weighted by Gasteiger charge is 2.37. The minimum Gasteiger partial charge on any atom is -0.352 e. The van der Waals surface area contributed by atoms with E-state index in [9.17, 15) is 18.0 Å². The van der Waals surface area contributed by atoms with E-state index in [2.05, 4.69) is 27.2 Å². The molecule has 1 aromatic heterocycles. The number of aromatic nitrogens is 1. The zero-order chi connectivity index (χ0) is 30.4. The first-order valence-corrected chi connectivity index (χ1v) is 15.9. The quantitative estimate of drug-likeness (QED) is 0.186. The zero-order valence-electron chi connectivity index (χ0n) is 24.2. The molecule has 222 valence electrons. The van der Waals surface area contributed by atoms with Gasteiger partial charge in [0.05, 0.1) is 10.9 Å². The fourth-order valence-corrected chi connectivity index (χ4v) is 6.01. The zero-order valence-corrected chi connectivity index (χ0v) is 25.0. The number of nitrogens with one attached hydrogen (secondary N) is 3. The molecule has 1 saturated carbocycles. The van der Waals surface area contributed by atoms with E-state index in [1.54, 1.807) is 36.4 Å². The molecule has 1 aliphatic rings.